The third-order valence-corrected chi connectivity index (χ3v) is 7.70. The first-order valence-electron chi connectivity index (χ1n) is 11.1. The van der Waals surface area contributed by atoms with Gasteiger partial charge in [0.1, 0.15) is 17.3 Å². The van der Waals surface area contributed by atoms with E-state index in [0.717, 1.165) is 27.6 Å². The summed E-state index contributed by atoms with van der Waals surface area (Å²) in [4.78, 5) is 23.4. The van der Waals surface area contributed by atoms with Crippen molar-refractivity contribution in [1.82, 2.24) is 0 Å². The molecule has 0 heterocycles. The SMILES string of the molecule is CCc1cccc(CC)c1NC(=O)CN(c1ccc(OC)cc1)S(=O)(=O)c1ccc(Cl)c([N+](=O)[O-])c1. The number of rotatable bonds is 10. The Kier molecular flexibility index (Phi) is 8.54. The second kappa shape index (κ2) is 11.4. The van der Waals surface area contributed by atoms with Crippen LogP contribution in [0.5, 0.6) is 5.75 Å². The smallest absolute Gasteiger partial charge is 0.289 e. The van der Waals surface area contributed by atoms with Gasteiger partial charge in [0.15, 0.2) is 0 Å². The number of nitro groups is 1. The molecular weight excluding hydrogens is 506 g/mol. The fourth-order valence-electron chi connectivity index (χ4n) is 3.70. The number of amides is 1. The number of hydrogen-bond donors (Lipinski definition) is 1. The number of methoxy groups -OCH3 is 1. The second-order valence-corrected chi connectivity index (χ2v) is 10.1. The van der Waals surface area contributed by atoms with Gasteiger partial charge in [0, 0.05) is 11.8 Å². The van der Waals surface area contributed by atoms with Gasteiger partial charge in [-0.3, -0.25) is 19.2 Å². The van der Waals surface area contributed by atoms with Crippen molar-refractivity contribution >= 4 is 44.6 Å². The number of ether oxygens (including phenoxy) is 1. The molecule has 0 saturated carbocycles. The first-order valence-corrected chi connectivity index (χ1v) is 13.0. The van der Waals surface area contributed by atoms with Crippen LogP contribution < -0.4 is 14.4 Å². The maximum Gasteiger partial charge on any atom is 0.289 e. The van der Waals surface area contributed by atoms with Gasteiger partial charge < -0.3 is 10.1 Å². The maximum absolute atomic E-state index is 13.7. The van der Waals surface area contributed by atoms with Crippen molar-refractivity contribution < 1.29 is 22.9 Å². The molecule has 36 heavy (non-hydrogen) atoms. The number of carbonyl (C=O) groups excluding carboxylic acids is 1. The van der Waals surface area contributed by atoms with E-state index >= 15 is 0 Å². The monoisotopic (exact) mass is 531 g/mol. The van der Waals surface area contributed by atoms with Crippen LogP contribution in [0.4, 0.5) is 17.1 Å². The molecule has 0 fully saturated rings. The molecule has 0 unspecified atom stereocenters. The molecule has 3 aromatic rings. The van der Waals surface area contributed by atoms with Crippen molar-refractivity contribution in [2.75, 3.05) is 23.3 Å². The van der Waals surface area contributed by atoms with Crippen LogP contribution in [0, 0.1) is 10.1 Å². The van der Waals surface area contributed by atoms with Crippen molar-refractivity contribution in [3.8, 4) is 5.75 Å². The molecule has 3 aromatic carbocycles. The average Bonchev–Trinajstić information content (AvgIpc) is 2.87. The van der Waals surface area contributed by atoms with Crippen LogP contribution in [0.2, 0.25) is 5.02 Å². The number of halogens is 1. The fraction of sp³-hybridized carbons (Fsp3) is 0.240. The lowest BCUT2D eigenvalue weighted by molar-refractivity contribution is -0.384. The summed E-state index contributed by atoms with van der Waals surface area (Å²) in [6.07, 6.45) is 1.36. The summed E-state index contributed by atoms with van der Waals surface area (Å²) >= 11 is 5.87. The van der Waals surface area contributed by atoms with Crippen molar-refractivity contribution in [3.63, 3.8) is 0 Å². The highest BCUT2D eigenvalue weighted by atomic mass is 35.5. The van der Waals surface area contributed by atoms with Gasteiger partial charge in [0.2, 0.25) is 5.91 Å². The summed E-state index contributed by atoms with van der Waals surface area (Å²) in [5.74, 6) is -0.0689. The Bertz CT molecular complexity index is 1350. The van der Waals surface area contributed by atoms with Gasteiger partial charge in [-0.1, -0.05) is 43.6 Å². The van der Waals surface area contributed by atoms with E-state index in [1.165, 1.54) is 25.3 Å². The quantitative estimate of drug-likeness (QED) is 0.283. The van der Waals surface area contributed by atoms with Crippen LogP contribution in [0.25, 0.3) is 0 Å². The van der Waals surface area contributed by atoms with E-state index in [1.807, 2.05) is 32.0 Å². The van der Waals surface area contributed by atoms with Crippen LogP contribution in [0.15, 0.2) is 65.6 Å². The van der Waals surface area contributed by atoms with Gasteiger partial charge in [-0.25, -0.2) is 8.42 Å². The molecule has 0 aliphatic carbocycles. The number of sulfonamides is 1. The lowest BCUT2D eigenvalue weighted by Crippen LogP contribution is -2.38. The van der Waals surface area contributed by atoms with Gasteiger partial charge >= 0.3 is 0 Å². The zero-order valence-corrected chi connectivity index (χ0v) is 21.6. The molecular formula is C25H26ClN3O6S. The van der Waals surface area contributed by atoms with Gasteiger partial charge in [0.25, 0.3) is 15.7 Å². The zero-order valence-electron chi connectivity index (χ0n) is 20.0. The minimum atomic E-state index is -4.40. The van der Waals surface area contributed by atoms with E-state index in [1.54, 1.807) is 12.1 Å². The van der Waals surface area contributed by atoms with Gasteiger partial charge in [0.05, 0.1) is 22.6 Å². The highest BCUT2D eigenvalue weighted by molar-refractivity contribution is 7.92. The Hall–Kier alpha value is -3.63. The molecule has 190 valence electrons. The van der Waals surface area contributed by atoms with Gasteiger partial charge in [-0.15, -0.1) is 0 Å². The number of nitrogens with one attached hydrogen (secondary N) is 1. The molecule has 0 spiro atoms. The predicted molar refractivity (Wildman–Crippen MR) is 139 cm³/mol. The number of carbonyl (C=O) groups is 1. The molecule has 0 radical (unpaired) electrons. The summed E-state index contributed by atoms with van der Waals surface area (Å²) in [6.45, 7) is 3.37. The predicted octanol–water partition coefficient (Wildman–Crippen LogP) is 5.22. The van der Waals surface area contributed by atoms with Gasteiger partial charge in [-0.2, -0.15) is 0 Å². The molecule has 0 atom stereocenters. The Labute approximate surface area is 214 Å². The van der Waals surface area contributed by atoms with Crippen molar-refractivity contribution in [3.05, 3.63) is 86.9 Å². The van der Waals surface area contributed by atoms with Crippen molar-refractivity contribution in [1.29, 1.82) is 0 Å². The maximum atomic E-state index is 13.7. The zero-order chi connectivity index (χ0) is 26.5. The lowest BCUT2D eigenvalue weighted by atomic mass is 10.0. The minimum Gasteiger partial charge on any atom is -0.497 e. The number of nitro benzene ring substituents is 1. The van der Waals surface area contributed by atoms with Crippen LogP contribution in [0.1, 0.15) is 25.0 Å². The molecule has 0 aromatic heterocycles. The van der Waals surface area contributed by atoms with E-state index in [9.17, 15) is 23.3 Å². The highest BCUT2D eigenvalue weighted by Crippen LogP contribution is 2.31. The van der Waals surface area contributed by atoms with Crippen molar-refractivity contribution in [2.45, 2.75) is 31.6 Å². The van der Waals surface area contributed by atoms with E-state index < -0.39 is 33.1 Å². The van der Waals surface area contributed by atoms with Crippen molar-refractivity contribution in [2.24, 2.45) is 0 Å². The van der Waals surface area contributed by atoms with Crippen LogP contribution in [-0.4, -0.2) is 32.9 Å². The van der Waals surface area contributed by atoms with E-state index in [4.69, 9.17) is 16.3 Å². The molecule has 0 aliphatic heterocycles. The Morgan fingerprint density at radius 2 is 1.67 bits per heavy atom. The lowest BCUT2D eigenvalue weighted by Gasteiger charge is -2.25. The first kappa shape index (κ1) is 27.0. The molecule has 0 bridgehead atoms. The Morgan fingerprint density at radius 1 is 1.06 bits per heavy atom. The molecule has 11 heteroatoms. The number of para-hydroxylation sites is 1. The first-order chi connectivity index (χ1) is 17.1. The number of benzene rings is 3. The standard InChI is InChI=1S/C25H26ClN3O6S/c1-4-17-7-6-8-18(5-2)25(17)27-24(30)16-28(19-9-11-20(35-3)12-10-19)36(33,34)21-13-14-22(26)23(15-21)29(31)32/h6-15H,4-5,16H2,1-3H3,(H,27,30). The largest absolute Gasteiger partial charge is 0.497 e. The highest BCUT2D eigenvalue weighted by Gasteiger charge is 2.30. The van der Waals surface area contributed by atoms with Crippen LogP contribution in [0.3, 0.4) is 0 Å². The molecule has 9 nitrogen and oxygen atoms in total. The minimum absolute atomic E-state index is 0.183. The molecule has 0 saturated heterocycles. The molecule has 1 amide bonds. The third-order valence-electron chi connectivity index (χ3n) is 5.61. The van der Waals surface area contributed by atoms with Crippen LogP contribution >= 0.6 is 11.6 Å². The fourth-order valence-corrected chi connectivity index (χ4v) is 5.32. The Balaban J connectivity index is 2.05. The summed E-state index contributed by atoms with van der Waals surface area (Å²) < 4.78 is 33.4. The third kappa shape index (κ3) is 5.77. The Morgan fingerprint density at radius 3 is 2.19 bits per heavy atom. The molecule has 3 rings (SSSR count). The van der Waals surface area contributed by atoms with E-state index in [2.05, 4.69) is 5.32 Å². The van der Waals surface area contributed by atoms with Gasteiger partial charge in [-0.05, 0) is 60.4 Å². The number of nitrogens with zero attached hydrogens (tertiary/aromatic N) is 2. The number of aryl methyl sites for hydroxylation is 2. The number of hydrogen-bond acceptors (Lipinski definition) is 6. The van der Waals surface area contributed by atoms with E-state index in [-0.39, 0.29) is 15.6 Å². The molecule has 0 aliphatic rings. The normalized spacial score (nSPS) is 11.1. The average molecular weight is 532 g/mol. The van der Waals surface area contributed by atoms with Crippen LogP contribution in [-0.2, 0) is 27.7 Å². The van der Waals surface area contributed by atoms with E-state index in [0.29, 0.717) is 24.3 Å². The summed E-state index contributed by atoms with van der Waals surface area (Å²) in [5, 5.41) is 14.0. The summed E-state index contributed by atoms with van der Waals surface area (Å²) in [7, 11) is -2.92. The topological polar surface area (TPSA) is 119 Å². The summed E-state index contributed by atoms with van der Waals surface area (Å²) in [5.41, 5.74) is 2.14. The number of anilines is 2. The molecule has 1 N–H and O–H groups in total. The second-order valence-electron chi connectivity index (χ2n) is 7.79. The summed E-state index contributed by atoms with van der Waals surface area (Å²) in [6, 6.07) is 15.0.